The molecule has 0 unspecified atom stereocenters. The number of fused-ring (bicyclic) bond motifs is 4. The molecule has 1 aliphatic rings. The number of ether oxygens (including phenoxy) is 4. The van der Waals surface area contributed by atoms with Gasteiger partial charge in [-0.3, -0.25) is 4.79 Å². The van der Waals surface area contributed by atoms with Gasteiger partial charge in [-0.2, -0.15) is 0 Å². The summed E-state index contributed by atoms with van der Waals surface area (Å²) < 4.78 is 28.8. The number of halogens is 1. The summed E-state index contributed by atoms with van der Waals surface area (Å²) in [6, 6.07) is 5.54. The summed E-state index contributed by atoms with van der Waals surface area (Å²) in [7, 11) is 3.70. The van der Waals surface area contributed by atoms with Crippen LogP contribution < -0.4 is 23.5 Å². The molecule has 5 rings (SSSR count). The largest absolute Gasteiger partial charge is 0.542 e. The Balaban J connectivity index is 1.74. The first-order valence-corrected chi connectivity index (χ1v) is 18.4. The number of alkyl halides is 1. The number of esters is 1. The standard InChI is InChI=1S/C32H40BrN3O7Si/c1-16-23(31(38)42-8)25-24-18(14-33)15-36(20(24)13-21(27(25)34-16)43-44(9,10)32(2,3)4)30(37)19-11-17-12-22(39-5)28(40-6)29(41-7)26(17)35-19/h11-13,18,34-35H,14-15H2,1-10H3/t18-/m1/s1. The van der Waals surface area contributed by atoms with Crippen molar-refractivity contribution in [3.63, 3.8) is 0 Å². The number of benzene rings is 2. The average molecular weight is 687 g/mol. The van der Waals surface area contributed by atoms with E-state index in [1.807, 2.05) is 19.1 Å². The van der Waals surface area contributed by atoms with Crippen LogP contribution in [0.1, 0.15) is 58.8 Å². The number of aromatic nitrogens is 2. The third kappa shape index (κ3) is 4.92. The molecule has 2 N–H and O–H groups in total. The van der Waals surface area contributed by atoms with Crippen LogP contribution >= 0.6 is 15.9 Å². The van der Waals surface area contributed by atoms with Gasteiger partial charge in [0.15, 0.2) is 11.5 Å². The van der Waals surface area contributed by atoms with Gasteiger partial charge in [-0.15, -0.1) is 0 Å². The third-order valence-corrected chi connectivity index (χ3v) is 14.1. The van der Waals surface area contributed by atoms with E-state index in [0.717, 1.165) is 21.9 Å². The Morgan fingerprint density at radius 1 is 0.977 bits per heavy atom. The van der Waals surface area contributed by atoms with Crippen LogP contribution in [-0.2, 0) is 4.74 Å². The van der Waals surface area contributed by atoms with Crippen LogP contribution in [0.5, 0.6) is 23.0 Å². The van der Waals surface area contributed by atoms with Gasteiger partial charge in [0, 0.05) is 40.3 Å². The molecule has 0 fully saturated rings. The number of hydrogen-bond acceptors (Lipinski definition) is 7. The van der Waals surface area contributed by atoms with Gasteiger partial charge in [0.05, 0.1) is 50.7 Å². The number of rotatable bonds is 8. The van der Waals surface area contributed by atoms with Crippen molar-refractivity contribution in [3.8, 4) is 23.0 Å². The highest BCUT2D eigenvalue weighted by molar-refractivity contribution is 9.09. The number of aromatic amines is 2. The highest BCUT2D eigenvalue weighted by Gasteiger charge is 2.42. The molecule has 0 saturated heterocycles. The smallest absolute Gasteiger partial charge is 0.340 e. The second-order valence-electron chi connectivity index (χ2n) is 12.6. The lowest BCUT2D eigenvalue weighted by molar-refractivity contribution is 0.0602. The minimum Gasteiger partial charge on any atom is -0.542 e. The van der Waals surface area contributed by atoms with Crippen molar-refractivity contribution in [2.45, 2.75) is 51.7 Å². The quantitative estimate of drug-likeness (QED) is 0.114. The fraction of sp³-hybridized carbons (Fsp3) is 0.438. The number of carbonyl (C=O) groups is 2. The van der Waals surface area contributed by atoms with E-state index in [2.05, 4.69) is 59.8 Å². The first-order chi connectivity index (χ1) is 20.7. The first kappa shape index (κ1) is 31.8. The number of hydrogen-bond donors (Lipinski definition) is 2. The van der Waals surface area contributed by atoms with Crippen LogP contribution in [0.2, 0.25) is 18.1 Å². The maximum atomic E-state index is 14.4. The maximum Gasteiger partial charge on any atom is 0.340 e. The fourth-order valence-corrected chi connectivity index (χ4v) is 7.26. The van der Waals surface area contributed by atoms with Crippen molar-refractivity contribution in [1.82, 2.24) is 9.97 Å². The summed E-state index contributed by atoms with van der Waals surface area (Å²) >= 11 is 3.68. The molecule has 3 heterocycles. The molecule has 0 aliphatic carbocycles. The molecule has 44 heavy (non-hydrogen) atoms. The molecule has 2 aromatic heterocycles. The predicted molar refractivity (Wildman–Crippen MR) is 178 cm³/mol. The number of H-pyrrole nitrogens is 2. The molecule has 0 radical (unpaired) electrons. The summed E-state index contributed by atoms with van der Waals surface area (Å²) in [5.74, 6) is 1.23. The first-order valence-electron chi connectivity index (χ1n) is 14.4. The molecule has 1 atom stereocenters. The molecular weight excluding hydrogens is 646 g/mol. The summed E-state index contributed by atoms with van der Waals surface area (Å²) in [5.41, 5.74) is 4.47. The minimum absolute atomic E-state index is 0.0788. The van der Waals surface area contributed by atoms with Crippen molar-refractivity contribution >= 4 is 63.6 Å². The van der Waals surface area contributed by atoms with E-state index in [-0.39, 0.29) is 16.9 Å². The monoisotopic (exact) mass is 685 g/mol. The summed E-state index contributed by atoms with van der Waals surface area (Å²) in [6.45, 7) is 13.1. The van der Waals surface area contributed by atoms with Crippen molar-refractivity contribution in [2.24, 2.45) is 0 Å². The van der Waals surface area contributed by atoms with Gasteiger partial charge in [0.1, 0.15) is 11.4 Å². The van der Waals surface area contributed by atoms with Crippen LogP contribution in [0.25, 0.3) is 21.8 Å². The average Bonchev–Trinajstić information content (AvgIpc) is 3.67. The van der Waals surface area contributed by atoms with Gasteiger partial charge in [0.25, 0.3) is 14.2 Å². The number of nitrogens with one attached hydrogen (secondary N) is 2. The zero-order valence-electron chi connectivity index (χ0n) is 26.9. The number of amides is 1. The Hall–Kier alpha value is -3.64. The van der Waals surface area contributed by atoms with E-state index in [0.29, 0.717) is 63.0 Å². The lowest BCUT2D eigenvalue weighted by Gasteiger charge is -2.36. The van der Waals surface area contributed by atoms with E-state index < -0.39 is 14.3 Å². The predicted octanol–water partition coefficient (Wildman–Crippen LogP) is 7.29. The van der Waals surface area contributed by atoms with Gasteiger partial charge in [0.2, 0.25) is 5.75 Å². The van der Waals surface area contributed by atoms with E-state index in [1.165, 1.54) is 14.2 Å². The SMILES string of the molecule is COC(=O)c1c(C)[nH]c2c(O[Si](C)(C)C(C)(C)C)cc3c(c12)[C@H](CBr)CN3C(=O)c1cc2cc(OC)c(OC)c(OC)c2[nH]1. The molecule has 2 aromatic carbocycles. The third-order valence-electron chi connectivity index (χ3n) is 8.99. The van der Waals surface area contributed by atoms with Crippen LogP contribution in [-0.4, -0.2) is 70.5 Å². The Kier molecular flexibility index (Phi) is 8.21. The second kappa shape index (κ2) is 11.4. The van der Waals surface area contributed by atoms with Crippen LogP contribution in [0.15, 0.2) is 18.2 Å². The van der Waals surface area contributed by atoms with Crippen molar-refractivity contribution in [1.29, 1.82) is 0 Å². The van der Waals surface area contributed by atoms with E-state index in [1.54, 1.807) is 25.2 Å². The van der Waals surface area contributed by atoms with Gasteiger partial charge in [-0.25, -0.2) is 4.79 Å². The normalized spacial score (nSPS) is 15.1. The summed E-state index contributed by atoms with van der Waals surface area (Å²) in [5, 5.41) is 1.98. The van der Waals surface area contributed by atoms with Crippen LogP contribution in [0.4, 0.5) is 5.69 Å². The molecule has 1 aliphatic heterocycles. The molecule has 4 aromatic rings. The minimum atomic E-state index is -2.32. The van der Waals surface area contributed by atoms with E-state index in [9.17, 15) is 9.59 Å². The number of carbonyl (C=O) groups excluding carboxylic acids is 2. The van der Waals surface area contributed by atoms with Gasteiger partial charge >= 0.3 is 5.97 Å². The zero-order chi connectivity index (χ0) is 32.3. The van der Waals surface area contributed by atoms with Crippen molar-refractivity contribution in [2.75, 3.05) is 45.2 Å². The second-order valence-corrected chi connectivity index (χ2v) is 18.0. The molecule has 1 amide bonds. The molecule has 10 nitrogen and oxygen atoms in total. The zero-order valence-corrected chi connectivity index (χ0v) is 29.5. The van der Waals surface area contributed by atoms with Crippen LogP contribution in [0.3, 0.4) is 0 Å². The number of anilines is 1. The summed E-state index contributed by atoms with van der Waals surface area (Å²) in [6.07, 6.45) is 0. The fourth-order valence-electron chi connectivity index (χ4n) is 5.72. The summed E-state index contributed by atoms with van der Waals surface area (Å²) in [4.78, 5) is 36.0. The Labute approximate surface area is 266 Å². The molecule has 0 bridgehead atoms. The van der Waals surface area contributed by atoms with Gasteiger partial charge in [-0.05, 0) is 42.8 Å². The topological polar surface area (TPSA) is 115 Å². The number of methoxy groups -OCH3 is 4. The number of nitrogens with zero attached hydrogens (tertiary/aromatic N) is 1. The number of aryl methyl sites for hydroxylation is 1. The van der Waals surface area contributed by atoms with Gasteiger partial charge in [-0.1, -0.05) is 36.7 Å². The molecule has 0 spiro atoms. The van der Waals surface area contributed by atoms with E-state index >= 15 is 0 Å². The molecular formula is C32H40BrN3O7Si. The highest BCUT2D eigenvalue weighted by atomic mass is 79.9. The van der Waals surface area contributed by atoms with Gasteiger partial charge < -0.3 is 38.2 Å². The lowest BCUT2D eigenvalue weighted by Crippen LogP contribution is -2.44. The van der Waals surface area contributed by atoms with Crippen molar-refractivity contribution < 1.29 is 33.0 Å². The maximum absolute atomic E-state index is 14.4. The molecule has 12 heteroatoms. The Morgan fingerprint density at radius 3 is 2.23 bits per heavy atom. The van der Waals surface area contributed by atoms with Crippen molar-refractivity contribution in [3.05, 3.63) is 40.7 Å². The lowest BCUT2D eigenvalue weighted by atomic mass is 9.96. The Bertz CT molecular complexity index is 1790. The van der Waals surface area contributed by atoms with E-state index in [4.69, 9.17) is 23.4 Å². The molecule has 236 valence electrons. The Morgan fingerprint density at radius 2 is 1.66 bits per heavy atom. The van der Waals surface area contributed by atoms with Crippen LogP contribution in [0, 0.1) is 6.92 Å². The highest BCUT2D eigenvalue weighted by Crippen LogP contribution is 2.50. The molecule has 0 saturated carbocycles.